The van der Waals surface area contributed by atoms with E-state index in [0.717, 1.165) is 29.6 Å². The fraction of sp³-hybridized carbons (Fsp3) is 0.286. The average molecular weight is 418 g/mol. The largest absolute Gasteiger partial charge is 0.379 e. The highest BCUT2D eigenvalue weighted by molar-refractivity contribution is 6.31. The lowest BCUT2D eigenvalue weighted by atomic mass is 10.0. The molecule has 1 fully saturated rings. The Labute approximate surface area is 173 Å². The molecule has 1 atom stereocenters. The van der Waals surface area contributed by atoms with Gasteiger partial charge in [0.2, 0.25) is 0 Å². The fourth-order valence-electron chi connectivity index (χ4n) is 3.58. The first kappa shape index (κ1) is 19.3. The van der Waals surface area contributed by atoms with Gasteiger partial charge in [0.15, 0.2) is 0 Å². The number of rotatable bonds is 5. The van der Waals surface area contributed by atoms with Gasteiger partial charge in [-0.05, 0) is 35.9 Å². The molecule has 0 radical (unpaired) electrons. The van der Waals surface area contributed by atoms with Gasteiger partial charge in [0.1, 0.15) is 5.69 Å². The summed E-state index contributed by atoms with van der Waals surface area (Å²) < 4.78 is 5.48. The predicted octanol–water partition coefficient (Wildman–Crippen LogP) is 4.28. The van der Waals surface area contributed by atoms with E-state index in [1.54, 1.807) is 6.07 Å². The molecule has 2 heterocycles. The molecule has 1 unspecified atom stereocenters. The van der Waals surface area contributed by atoms with Crippen molar-refractivity contribution in [1.29, 1.82) is 0 Å². The molecular formula is C21H21Cl2N3O2. The van der Waals surface area contributed by atoms with Crippen LogP contribution in [0.15, 0.2) is 48.5 Å². The van der Waals surface area contributed by atoms with Crippen molar-refractivity contribution in [2.45, 2.75) is 6.04 Å². The first-order valence-corrected chi connectivity index (χ1v) is 10.00. The second-order valence-corrected chi connectivity index (χ2v) is 7.65. The molecule has 5 nitrogen and oxygen atoms in total. The number of aromatic nitrogens is 1. The molecule has 7 heteroatoms. The number of carbonyl (C=O) groups excluding carboxylic acids is 1. The van der Waals surface area contributed by atoms with Crippen LogP contribution in [0.25, 0.3) is 10.9 Å². The minimum atomic E-state index is -0.155. The van der Waals surface area contributed by atoms with E-state index in [4.69, 9.17) is 27.9 Å². The Morgan fingerprint density at radius 3 is 2.71 bits per heavy atom. The van der Waals surface area contributed by atoms with E-state index in [9.17, 15) is 4.79 Å². The van der Waals surface area contributed by atoms with Gasteiger partial charge in [-0.2, -0.15) is 0 Å². The molecule has 28 heavy (non-hydrogen) atoms. The molecule has 0 saturated carbocycles. The van der Waals surface area contributed by atoms with Crippen LogP contribution in [0, 0.1) is 0 Å². The highest BCUT2D eigenvalue weighted by atomic mass is 35.5. The van der Waals surface area contributed by atoms with Crippen molar-refractivity contribution in [3.63, 3.8) is 0 Å². The van der Waals surface area contributed by atoms with E-state index >= 15 is 0 Å². The van der Waals surface area contributed by atoms with Crippen molar-refractivity contribution in [1.82, 2.24) is 15.2 Å². The van der Waals surface area contributed by atoms with E-state index in [-0.39, 0.29) is 11.9 Å². The number of fused-ring (bicyclic) bond motifs is 1. The van der Waals surface area contributed by atoms with Crippen LogP contribution in [0.4, 0.5) is 0 Å². The van der Waals surface area contributed by atoms with Crippen molar-refractivity contribution >= 4 is 40.0 Å². The number of carbonyl (C=O) groups is 1. The number of amides is 1. The standard InChI is InChI=1S/C21H21Cl2N3O2/c22-15-5-6-18-14(11-15)12-19(25-18)21(27)24-13-20(26-7-9-28-10-8-26)16-3-1-2-4-17(16)23/h1-6,11-12,20,25H,7-10,13H2,(H,24,27). The summed E-state index contributed by atoms with van der Waals surface area (Å²) in [6.07, 6.45) is 0. The van der Waals surface area contributed by atoms with Gasteiger partial charge in [0, 0.05) is 40.6 Å². The van der Waals surface area contributed by atoms with Crippen LogP contribution >= 0.6 is 23.2 Å². The Morgan fingerprint density at radius 1 is 1.14 bits per heavy atom. The predicted molar refractivity (Wildman–Crippen MR) is 112 cm³/mol. The van der Waals surface area contributed by atoms with Crippen LogP contribution in [0.3, 0.4) is 0 Å². The van der Waals surface area contributed by atoms with Crippen LogP contribution in [-0.4, -0.2) is 48.6 Å². The molecule has 0 bridgehead atoms. The number of H-pyrrole nitrogens is 1. The molecule has 146 valence electrons. The number of ether oxygens (including phenoxy) is 1. The monoisotopic (exact) mass is 417 g/mol. The zero-order chi connectivity index (χ0) is 19.5. The number of morpholine rings is 1. The third kappa shape index (κ3) is 4.18. The summed E-state index contributed by atoms with van der Waals surface area (Å²) in [4.78, 5) is 18.2. The molecule has 2 aromatic carbocycles. The molecule has 1 aliphatic rings. The lowest BCUT2D eigenvalue weighted by Gasteiger charge is -2.35. The molecule has 1 aromatic heterocycles. The maximum Gasteiger partial charge on any atom is 0.267 e. The minimum Gasteiger partial charge on any atom is -0.379 e. The van der Waals surface area contributed by atoms with Crippen molar-refractivity contribution in [2.24, 2.45) is 0 Å². The summed E-state index contributed by atoms with van der Waals surface area (Å²) in [6, 6.07) is 15.1. The highest BCUT2D eigenvalue weighted by Gasteiger charge is 2.25. The van der Waals surface area contributed by atoms with Gasteiger partial charge < -0.3 is 15.0 Å². The maximum absolute atomic E-state index is 12.8. The number of halogens is 2. The van der Waals surface area contributed by atoms with Crippen LogP contribution in [0.1, 0.15) is 22.1 Å². The minimum absolute atomic E-state index is 0.0135. The Hall–Kier alpha value is -2.05. The first-order chi connectivity index (χ1) is 13.6. The second kappa shape index (κ2) is 8.53. The number of aromatic amines is 1. The lowest BCUT2D eigenvalue weighted by molar-refractivity contribution is 0.0162. The van der Waals surface area contributed by atoms with Gasteiger partial charge in [-0.1, -0.05) is 41.4 Å². The Bertz CT molecular complexity index is 983. The summed E-state index contributed by atoms with van der Waals surface area (Å²) >= 11 is 12.5. The molecule has 0 spiro atoms. The van der Waals surface area contributed by atoms with Crippen molar-refractivity contribution in [3.05, 3.63) is 69.8 Å². The van der Waals surface area contributed by atoms with Gasteiger partial charge in [-0.3, -0.25) is 9.69 Å². The lowest BCUT2D eigenvalue weighted by Crippen LogP contribution is -2.44. The van der Waals surface area contributed by atoms with Crippen LogP contribution in [0.5, 0.6) is 0 Å². The Balaban J connectivity index is 1.52. The van der Waals surface area contributed by atoms with E-state index < -0.39 is 0 Å². The van der Waals surface area contributed by atoms with E-state index in [1.807, 2.05) is 42.5 Å². The summed E-state index contributed by atoms with van der Waals surface area (Å²) in [6.45, 7) is 3.42. The number of nitrogens with one attached hydrogen (secondary N) is 2. The quantitative estimate of drug-likeness (QED) is 0.651. The number of hydrogen-bond acceptors (Lipinski definition) is 3. The smallest absolute Gasteiger partial charge is 0.267 e. The Morgan fingerprint density at radius 2 is 1.93 bits per heavy atom. The van der Waals surface area contributed by atoms with Gasteiger partial charge in [0.25, 0.3) is 5.91 Å². The normalized spacial score (nSPS) is 16.2. The SMILES string of the molecule is O=C(NCC(c1ccccc1Cl)N1CCOCC1)c1cc2cc(Cl)ccc2[nH]1. The fourth-order valence-corrected chi connectivity index (χ4v) is 4.02. The molecule has 1 saturated heterocycles. The zero-order valence-electron chi connectivity index (χ0n) is 15.3. The van der Waals surface area contributed by atoms with Gasteiger partial charge in [-0.15, -0.1) is 0 Å². The highest BCUT2D eigenvalue weighted by Crippen LogP contribution is 2.28. The summed E-state index contributed by atoms with van der Waals surface area (Å²) in [5, 5.41) is 5.31. The summed E-state index contributed by atoms with van der Waals surface area (Å²) in [5.41, 5.74) is 2.40. The molecule has 1 amide bonds. The van der Waals surface area contributed by atoms with Crippen molar-refractivity contribution in [3.8, 4) is 0 Å². The van der Waals surface area contributed by atoms with Gasteiger partial charge in [0.05, 0.1) is 19.3 Å². The Kier molecular flexibility index (Phi) is 5.87. The van der Waals surface area contributed by atoms with Crippen LogP contribution in [0.2, 0.25) is 10.0 Å². The zero-order valence-corrected chi connectivity index (χ0v) is 16.8. The molecule has 2 N–H and O–H groups in total. The molecule has 4 rings (SSSR count). The van der Waals surface area contributed by atoms with Gasteiger partial charge >= 0.3 is 0 Å². The second-order valence-electron chi connectivity index (χ2n) is 6.81. The third-order valence-electron chi connectivity index (χ3n) is 5.03. The van der Waals surface area contributed by atoms with Crippen LogP contribution in [-0.2, 0) is 4.74 Å². The topological polar surface area (TPSA) is 57.4 Å². The number of benzene rings is 2. The average Bonchev–Trinajstić information content (AvgIpc) is 3.13. The van der Waals surface area contributed by atoms with Crippen molar-refractivity contribution in [2.75, 3.05) is 32.8 Å². The molecule has 0 aliphatic carbocycles. The summed E-state index contributed by atoms with van der Waals surface area (Å²) in [5.74, 6) is -0.155. The third-order valence-corrected chi connectivity index (χ3v) is 5.61. The van der Waals surface area contributed by atoms with E-state index in [2.05, 4.69) is 15.2 Å². The van der Waals surface area contributed by atoms with E-state index in [0.29, 0.717) is 35.5 Å². The maximum atomic E-state index is 12.8. The molecule has 1 aliphatic heterocycles. The first-order valence-electron chi connectivity index (χ1n) is 9.24. The van der Waals surface area contributed by atoms with Crippen molar-refractivity contribution < 1.29 is 9.53 Å². The van der Waals surface area contributed by atoms with Gasteiger partial charge in [-0.25, -0.2) is 0 Å². The molecule has 3 aromatic rings. The summed E-state index contributed by atoms with van der Waals surface area (Å²) in [7, 11) is 0. The molecular weight excluding hydrogens is 397 g/mol. The van der Waals surface area contributed by atoms with E-state index in [1.165, 1.54) is 0 Å². The number of nitrogens with zero attached hydrogens (tertiary/aromatic N) is 1. The van der Waals surface area contributed by atoms with Crippen LogP contribution < -0.4 is 5.32 Å². The number of hydrogen-bond donors (Lipinski definition) is 2.